The molecule has 1 aromatic heterocycles. The standard InChI is InChI=1S/C15H23FN2/c1-14(2)8-12(9-15(3,4)10-14)18-11-5-6-17-13(16)7-11/h5-7,12H,8-10H2,1-4H3,(H,17,18). The van der Waals surface area contributed by atoms with Crippen LogP contribution in [0.25, 0.3) is 0 Å². The molecule has 0 aromatic carbocycles. The third kappa shape index (κ3) is 3.44. The summed E-state index contributed by atoms with van der Waals surface area (Å²) < 4.78 is 13.1. The van der Waals surface area contributed by atoms with Gasteiger partial charge in [-0.25, -0.2) is 4.98 Å². The Morgan fingerprint density at radius 2 is 1.83 bits per heavy atom. The molecule has 0 spiro atoms. The van der Waals surface area contributed by atoms with Crippen molar-refractivity contribution < 1.29 is 4.39 Å². The molecule has 18 heavy (non-hydrogen) atoms. The van der Waals surface area contributed by atoms with Crippen LogP contribution in [-0.4, -0.2) is 11.0 Å². The molecule has 1 aliphatic carbocycles. The molecule has 0 aliphatic heterocycles. The van der Waals surface area contributed by atoms with Crippen molar-refractivity contribution in [3.8, 4) is 0 Å². The van der Waals surface area contributed by atoms with Crippen LogP contribution in [0.2, 0.25) is 0 Å². The molecule has 100 valence electrons. The fraction of sp³-hybridized carbons (Fsp3) is 0.667. The van der Waals surface area contributed by atoms with Gasteiger partial charge in [-0.2, -0.15) is 4.39 Å². The molecular formula is C15H23FN2. The van der Waals surface area contributed by atoms with Crippen LogP contribution in [0.5, 0.6) is 0 Å². The number of anilines is 1. The fourth-order valence-corrected chi connectivity index (χ4v) is 3.68. The van der Waals surface area contributed by atoms with Crippen molar-refractivity contribution in [2.45, 2.75) is 53.0 Å². The highest BCUT2D eigenvalue weighted by atomic mass is 19.1. The van der Waals surface area contributed by atoms with Gasteiger partial charge in [0.2, 0.25) is 5.95 Å². The van der Waals surface area contributed by atoms with Crippen molar-refractivity contribution in [2.24, 2.45) is 10.8 Å². The first kappa shape index (κ1) is 13.3. The van der Waals surface area contributed by atoms with Gasteiger partial charge in [0.1, 0.15) is 0 Å². The molecule has 0 amide bonds. The van der Waals surface area contributed by atoms with Crippen LogP contribution in [0.3, 0.4) is 0 Å². The number of nitrogens with one attached hydrogen (secondary N) is 1. The predicted octanol–water partition coefficient (Wildman–Crippen LogP) is 4.24. The third-order valence-corrected chi connectivity index (χ3v) is 3.65. The zero-order valence-corrected chi connectivity index (χ0v) is 11.8. The maximum atomic E-state index is 13.1. The average molecular weight is 250 g/mol. The molecule has 1 aliphatic rings. The van der Waals surface area contributed by atoms with Crippen LogP contribution < -0.4 is 5.32 Å². The molecule has 1 N–H and O–H groups in total. The second-order valence-corrected chi connectivity index (χ2v) is 7.12. The minimum Gasteiger partial charge on any atom is -0.382 e. The largest absolute Gasteiger partial charge is 0.382 e. The monoisotopic (exact) mass is 250 g/mol. The summed E-state index contributed by atoms with van der Waals surface area (Å²) in [5.41, 5.74) is 1.51. The number of hydrogen-bond acceptors (Lipinski definition) is 2. The lowest BCUT2D eigenvalue weighted by Crippen LogP contribution is -2.40. The van der Waals surface area contributed by atoms with Gasteiger partial charge in [-0.15, -0.1) is 0 Å². The summed E-state index contributed by atoms with van der Waals surface area (Å²) >= 11 is 0. The average Bonchev–Trinajstić information content (AvgIpc) is 2.11. The van der Waals surface area contributed by atoms with E-state index in [1.807, 2.05) is 6.07 Å². The van der Waals surface area contributed by atoms with Gasteiger partial charge in [0.25, 0.3) is 0 Å². The molecule has 0 saturated heterocycles. The molecule has 1 saturated carbocycles. The van der Waals surface area contributed by atoms with Gasteiger partial charge >= 0.3 is 0 Å². The molecule has 0 atom stereocenters. The Balaban J connectivity index is 2.09. The van der Waals surface area contributed by atoms with Crippen LogP contribution in [0.4, 0.5) is 10.1 Å². The Kier molecular flexibility index (Phi) is 3.35. The van der Waals surface area contributed by atoms with Crippen LogP contribution in [-0.2, 0) is 0 Å². The molecule has 0 bridgehead atoms. The van der Waals surface area contributed by atoms with E-state index >= 15 is 0 Å². The van der Waals surface area contributed by atoms with E-state index in [9.17, 15) is 4.39 Å². The molecule has 2 rings (SSSR count). The van der Waals surface area contributed by atoms with Crippen LogP contribution in [0.1, 0.15) is 47.0 Å². The number of halogens is 1. The number of hydrogen-bond donors (Lipinski definition) is 1. The second-order valence-electron chi connectivity index (χ2n) is 7.12. The van der Waals surface area contributed by atoms with E-state index in [4.69, 9.17) is 0 Å². The van der Waals surface area contributed by atoms with Gasteiger partial charge in [-0.1, -0.05) is 27.7 Å². The first-order valence-electron chi connectivity index (χ1n) is 6.64. The van der Waals surface area contributed by atoms with Gasteiger partial charge in [-0.3, -0.25) is 0 Å². The van der Waals surface area contributed by atoms with E-state index in [0.29, 0.717) is 16.9 Å². The van der Waals surface area contributed by atoms with Gasteiger partial charge < -0.3 is 5.32 Å². The highest BCUT2D eigenvalue weighted by Crippen LogP contribution is 2.46. The summed E-state index contributed by atoms with van der Waals surface area (Å²) in [7, 11) is 0. The molecule has 1 aromatic rings. The molecule has 0 unspecified atom stereocenters. The van der Waals surface area contributed by atoms with Crippen LogP contribution >= 0.6 is 0 Å². The Bertz CT molecular complexity index is 410. The molecule has 0 radical (unpaired) electrons. The summed E-state index contributed by atoms with van der Waals surface area (Å²) in [4.78, 5) is 3.58. The summed E-state index contributed by atoms with van der Waals surface area (Å²) in [5.74, 6) is -0.422. The SMILES string of the molecule is CC1(C)CC(Nc2ccnc(F)c2)CC(C)(C)C1. The highest BCUT2D eigenvalue weighted by molar-refractivity contribution is 5.42. The van der Waals surface area contributed by atoms with Crippen molar-refractivity contribution in [1.82, 2.24) is 4.98 Å². The smallest absolute Gasteiger partial charge is 0.214 e. The van der Waals surface area contributed by atoms with E-state index < -0.39 is 5.95 Å². The van der Waals surface area contributed by atoms with E-state index in [2.05, 4.69) is 38.0 Å². The van der Waals surface area contributed by atoms with E-state index in [0.717, 1.165) is 18.5 Å². The molecule has 2 nitrogen and oxygen atoms in total. The number of rotatable bonds is 2. The molecule has 1 fully saturated rings. The van der Waals surface area contributed by atoms with Gasteiger partial charge in [0.05, 0.1) is 0 Å². The van der Waals surface area contributed by atoms with Crippen LogP contribution in [0, 0.1) is 16.8 Å². The van der Waals surface area contributed by atoms with Gasteiger partial charge in [0, 0.05) is 24.0 Å². The zero-order chi connectivity index (χ0) is 13.4. The molecule has 1 heterocycles. The summed E-state index contributed by atoms with van der Waals surface area (Å²) in [6, 6.07) is 3.71. The second kappa shape index (κ2) is 4.52. The lowest BCUT2D eigenvalue weighted by molar-refractivity contribution is 0.105. The summed E-state index contributed by atoms with van der Waals surface area (Å²) in [6.45, 7) is 9.26. The predicted molar refractivity (Wildman–Crippen MR) is 73.0 cm³/mol. The topological polar surface area (TPSA) is 24.9 Å². The number of nitrogens with zero attached hydrogens (tertiary/aromatic N) is 1. The number of pyridine rings is 1. The quantitative estimate of drug-likeness (QED) is 0.794. The fourth-order valence-electron chi connectivity index (χ4n) is 3.68. The molecular weight excluding hydrogens is 227 g/mol. The van der Waals surface area contributed by atoms with Gasteiger partial charge in [0.15, 0.2) is 0 Å². The zero-order valence-electron chi connectivity index (χ0n) is 11.8. The maximum Gasteiger partial charge on any atom is 0.214 e. The summed E-state index contributed by atoms with van der Waals surface area (Å²) in [6.07, 6.45) is 5.00. The Labute approximate surface area is 109 Å². The number of aromatic nitrogens is 1. The first-order valence-corrected chi connectivity index (χ1v) is 6.64. The Hall–Kier alpha value is -1.12. The molecule has 3 heteroatoms. The third-order valence-electron chi connectivity index (χ3n) is 3.65. The van der Waals surface area contributed by atoms with Crippen molar-refractivity contribution in [2.75, 3.05) is 5.32 Å². The van der Waals surface area contributed by atoms with Crippen molar-refractivity contribution >= 4 is 5.69 Å². The minimum atomic E-state index is -0.422. The normalized spacial score (nSPS) is 22.7. The maximum absolute atomic E-state index is 13.1. The first-order chi connectivity index (χ1) is 8.26. The van der Waals surface area contributed by atoms with Crippen LogP contribution in [0.15, 0.2) is 18.3 Å². The lowest BCUT2D eigenvalue weighted by atomic mass is 9.63. The van der Waals surface area contributed by atoms with Crippen molar-refractivity contribution in [3.05, 3.63) is 24.3 Å². The van der Waals surface area contributed by atoms with Crippen molar-refractivity contribution in [3.63, 3.8) is 0 Å². The Morgan fingerprint density at radius 3 is 2.39 bits per heavy atom. The van der Waals surface area contributed by atoms with E-state index in [-0.39, 0.29) is 0 Å². The van der Waals surface area contributed by atoms with Gasteiger partial charge in [-0.05, 0) is 36.2 Å². The van der Waals surface area contributed by atoms with Crippen molar-refractivity contribution in [1.29, 1.82) is 0 Å². The van der Waals surface area contributed by atoms with E-state index in [1.165, 1.54) is 18.7 Å². The minimum absolute atomic E-state index is 0.338. The Morgan fingerprint density at radius 1 is 1.22 bits per heavy atom. The highest BCUT2D eigenvalue weighted by Gasteiger charge is 2.38. The summed E-state index contributed by atoms with van der Waals surface area (Å²) in [5, 5.41) is 3.45. The lowest BCUT2D eigenvalue weighted by Gasteiger charge is -2.45. The van der Waals surface area contributed by atoms with E-state index in [1.54, 1.807) is 0 Å².